The van der Waals surface area contributed by atoms with Gasteiger partial charge in [-0.3, -0.25) is 9.55 Å². The lowest BCUT2D eigenvalue weighted by molar-refractivity contribution is 1.09. The van der Waals surface area contributed by atoms with Crippen molar-refractivity contribution in [3.63, 3.8) is 0 Å². The quantitative estimate of drug-likeness (QED) is 0.189. The molecule has 11 aromatic rings. The molecule has 0 N–H and O–H groups in total. The molecule has 4 heteroatoms. The fourth-order valence-electron chi connectivity index (χ4n) is 8.76. The van der Waals surface area contributed by atoms with E-state index in [1.165, 1.54) is 71.1 Å². The fraction of sp³-hybridized carbons (Fsp3) is 0. The van der Waals surface area contributed by atoms with Gasteiger partial charge in [-0.1, -0.05) is 84.9 Å². The van der Waals surface area contributed by atoms with Gasteiger partial charge >= 0.3 is 0 Å². The molecule has 1 aliphatic rings. The van der Waals surface area contributed by atoms with Gasteiger partial charge in [0.25, 0.3) is 0 Å². The standard InChI is InChI=1S/C48H28N4/c1-2-11-33(12-3-1)51-42-16-7-6-13-34(42)38-26-31(17-20-43(38)51)32-18-21-44-39(27-32)40-25-29-9-4-5-10-30(29)28-45(40)52(44)46-22-19-36-35-14-8-15-41-47(35)37(23-24-49-41)48(36)50-46/h1-28H. The number of hydrogen-bond acceptors (Lipinski definition) is 2. The van der Waals surface area contributed by atoms with Crippen molar-refractivity contribution in [3.05, 3.63) is 170 Å². The molecule has 0 unspecified atom stereocenters. The zero-order valence-electron chi connectivity index (χ0n) is 28.0. The SMILES string of the molecule is c1ccc(-n2c3ccccc3c3cc(-c4ccc5c(c4)c4cc6ccccc6cc4n5-c4ccc5c(n4)-c4ccnc6cccc-5c46)ccc32)cc1. The molecule has 4 aromatic heterocycles. The van der Waals surface area contributed by atoms with Crippen LogP contribution in [0.5, 0.6) is 0 Å². The van der Waals surface area contributed by atoms with Crippen molar-refractivity contribution in [3.8, 4) is 45.0 Å². The number of fused-ring (bicyclic) bond motifs is 10. The number of benzene rings is 7. The maximum atomic E-state index is 5.42. The minimum atomic E-state index is 0.912. The predicted molar refractivity (Wildman–Crippen MR) is 216 cm³/mol. The Bertz CT molecular complexity index is 3290. The molecule has 0 saturated carbocycles. The molecule has 0 radical (unpaired) electrons. The second kappa shape index (κ2) is 10.3. The molecular weight excluding hydrogens is 633 g/mol. The maximum absolute atomic E-state index is 5.42. The molecule has 52 heavy (non-hydrogen) atoms. The predicted octanol–water partition coefficient (Wildman–Crippen LogP) is 12.3. The summed E-state index contributed by atoms with van der Waals surface area (Å²) in [5.74, 6) is 0.912. The van der Waals surface area contributed by atoms with Gasteiger partial charge in [-0.05, 0) is 106 Å². The average molecular weight is 661 g/mol. The van der Waals surface area contributed by atoms with Crippen LogP contribution in [0.15, 0.2) is 170 Å². The fourth-order valence-corrected chi connectivity index (χ4v) is 8.76. The van der Waals surface area contributed by atoms with Gasteiger partial charge in [-0.2, -0.15) is 0 Å². The summed E-state index contributed by atoms with van der Waals surface area (Å²) in [5, 5.41) is 8.56. The number of para-hydroxylation sites is 2. The molecule has 0 spiro atoms. The van der Waals surface area contributed by atoms with E-state index in [0.717, 1.165) is 39.2 Å². The first-order valence-corrected chi connectivity index (χ1v) is 17.7. The molecular formula is C48H28N4. The Kier molecular flexibility index (Phi) is 5.47. The first-order valence-electron chi connectivity index (χ1n) is 17.7. The molecule has 4 nitrogen and oxygen atoms in total. The molecule has 0 fully saturated rings. The summed E-state index contributed by atoms with van der Waals surface area (Å²) in [5.41, 5.74) is 13.8. The van der Waals surface area contributed by atoms with Gasteiger partial charge in [-0.15, -0.1) is 0 Å². The van der Waals surface area contributed by atoms with Crippen LogP contribution >= 0.6 is 0 Å². The summed E-state index contributed by atoms with van der Waals surface area (Å²) < 4.78 is 4.72. The molecule has 7 aromatic carbocycles. The summed E-state index contributed by atoms with van der Waals surface area (Å²) >= 11 is 0. The van der Waals surface area contributed by atoms with E-state index >= 15 is 0 Å². The summed E-state index contributed by atoms with van der Waals surface area (Å²) in [4.78, 5) is 10.1. The van der Waals surface area contributed by atoms with Gasteiger partial charge in [0.15, 0.2) is 0 Å². The molecule has 0 atom stereocenters. The third-order valence-electron chi connectivity index (χ3n) is 11.1. The van der Waals surface area contributed by atoms with Crippen LogP contribution in [-0.4, -0.2) is 19.1 Å². The monoisotopic (exact) mass is 660 g/mol. The Balaban J connectivity index is 1.09. The van der Waals surface area contributed by atoms with Crippen molar-refractivity contribution in [1.82, 2.24) is 19.1 Å². The van der Waals surface area contributed by atoms with Crippen LogP contribution in [0, 0.1) is 0 Å². The van der Waals surface area contributed by atoms with E-state index in [2.05, 4.69) is 178 Å². The van der Waals surface area contributed by atoms with E-state index in [1.807, 2.05) is 6.20 Å². The van der Waals surface area contributed by atoms with Crippen molar-refractivity contribution in [2.24, 2.45) is 0 Å². The number of nitrogens with zero attached hydrogens (tertiary/aromatic N) is 4. The first-order chi connectivity index (χ1) is 25.8. The van der Waals surface area contributed by atoms with E-state index in [0.29, 0.717) is 0 Å². The molecule has 240 valence electrons. The van der Waals surface area contributed by atoms with Crippen LogP contribution in [0.3, 0.4) is 0 Å². The highest BCUT2D eigenvalue weighted by Crippen LogP contribution is 2.46. The van der Waals surface area contributed by atoms with Crippen LogP contribution in [0.2, 0.25) is 0 Å². The number of rotatable bonds is 3. The van der Waals surface area contributed by atoms with Gasteiger partial charge in [0, 0.05) is 49.9 Å². The number of pyridine rings is 2. The van der Waals surface area contributed by atoms with Crippen LogP contribution in [0.1, 0.15) is 0 Å². The zero-order valence-corrected chi connectivity index (χ0v) is 28.0. The molecule has 0 saturated heterocycles. The van der Waals surface area contributed by atoms with Gasteiger partial charge in [-0.25, -0.2) is 4.98 Å². The van der Waals surface area contributed by atoms with Crippen LogP contribution in [0.4, 0.5) is 0 Å². The highest BCUT2D eigenvalue weighted by Gasteiger charge is 2.25. The summed E-state index contributed by atoms with van der Waals surface area (Å²) in [6, 6.07) is 59.4. The smallest absolute Gasteiger partial charge is 0.138 e. The first kappa shape index (κ1) is 27.7. The number of hydrogen-bond donors (Lipinski definition) is 0. The van der Waals surface area contributed by atoms with Gasteiger partial charge in [0.05, 0.1) is 33.3 Å². The van der Waals surface area contributed by atoms with Crippen LogP contribution in [0.25, 0.3) is 110 Å². The summed E-state index contributed by atoms with van der Waals surface area (Å²) in [7, 11) is 0. The van der Waals surface area contributed by atoms with Gasteiger partial charge in [0.2, 0.25) is 0 Å². The van der Waals surface area contributed by atoms with Crippen molar-refractivity contribution in [1.29, 1.82) is 0 Å². The molecule has 1 aliphatic carbocycles. The third kappa shape index (κ3) is 3.75. The Morgan fingerprint density at radius 2 is 1.10 bits per heavy atom. The van der Waals surface area contributed by atoms with E-state index in [4.69, 9.17) is 4.98 Å². The average Bonchev–Trinajstić information content (AvgIpc) is 3.83. The lowest BCUT2D eigenvalue weighted by Crippen LogP contribution is -1.99. The molecule has 12 rings (SSSR count). The Morgan fingerprint density at radius 3 is 1.94 bits per heavy atom. The lowest BCUT2D eigenvalue weighted by Gasteiger charge is -2.11. The lowest BCUT2D eigenvalue weighted by atomic mass is 10.00. The molecule has 4 heterocycles. The van der Waals surface area contributed by atoms with Crippen molar-refractivity contribution < 1.29 is 0 Å². The topological polar surface area (TPSA) is 35.6 Å². The van der Waals surface area contributed by atoms with Crippen molar-refractivity contribution in [2.45, 2.75) is 0 Å². The van der Waals surface area contributed by atoms with Crippen molar-refractivity contribution >= 4 is 65.3 Å². The maximum Gasteiger partial charge on any atom is 0.138 e. The van der Waals surface area contributed by atoms with E-state index in [1.54, 1.807) is 0 Å². The second-order valence-corrected chi connectivity index (χ2v) is 13.8. The van der Waals surface area contributed by atoms with E-state index in [-0.39, 0.29) is 0 Å². The molecule has 0 aliphatic heterocycles. The highest BCUT2D eigenvalue weighted by atomic mass is 15.1. The summed E-state index contributed by atoms with van der Waals surface area (Å²) in [6.45, 7) is 0. The minimum absolute atomic E-state index is 0.912. The zero-order chi connectivity index (χ0) is 33.9. The Morgan fingerprint density at radius 1 is 0.404 bits per heavy atom. The highest BCUT2D eigenvalue weighted by molar-refractivity contribution is 6.16. The summed E-state index contributed by atoms with van der Waals surface area (Å²) in [6.07, 6.45) is 1.90. The van der Waals surface area contributed by atoms with E-state index < -0.39 is 0 Å². The second-order valence-electron chi connectivity index (χ2n) is 13.8. The van der Waals surface area contributed by atoms with Crippen LogP contribution < -0.4 is 0 Å². The van der Waals surface area contributed by atoms with E-state index in [9.17, 15) is 0 Å². The normalized spacial score (nSPS) is 12.2. The van der Waals surface area contributed by atoms with Gasteiger partial charge < -0.3 is 4.57 Å². The van der Waals surface area contributed by atoms with Crippen LogP contribution in [-0.2, 0) is 0 Å². The Labute approximate surface area is 298 Å². The van der Waals surface area contributed by atoms with Gasteiger partial charge in [0.1, 0.15) is 5.82 Å². The minimum Gasteiger partial charge on any atom is -0.309 e. The third-order valence-corrected chi connectivity index (χ3v) is 11.1. The number of aromatic nitrogens is 4. The molecule has 0 amide bonds. The largest absolute Gasteiger partial charge is 0.309 e. The van der Waals surface area contributed by atoms with Crippen molar-refractivity contribution in [2.75, 3.05) is 0 Å². The molecule has 0 bridgehead atoms. The Hall–Kier alpha value is -7.04.